The predicted octanol–water partition coefficient (Wildman–Crippen LogP) is 3.93. The number of morpholine rings is 1. The molecular formula is C21H20N5O2S. The number of ether oxygens (including phenoxy) is 1. The fraction of sp³-hybridized carbons (Fsp3) is 0.238. The van der Waals surface area contributed by atoms with Gasteiger partial charge in [-0.25, -0.2) is 10.0 Å². The fourth-order valence-electron chi connectivity index (χ4n) is 3.40. The normalized spacial score (nSPS) is 16.1. The summed E-state index contributed by atoms with van der Waals surface area (Å²) in [5, 5.41) is 4.98. The number of hydrogen-bond acceptors (Lipinski definition) is 8. The van der Waals surface area contributed by atoms with Crippen LogP contribution >= 0.6 is 11.3 Å². The molecule has 0 saturated carbocycles. The second-order valence-corrected chi connectivity index (χ2v) is 7.62. The minimum atomic E-state index is 0.443. The van der Waals surface area contributed by atoms with Crippen molar-refractivity contribution in [1.82, 2.24) is 4.98 Å². The molecular weight excluding hydrogens is 386 g/mol. The molecule has 1 saturated heterocycles. The van der Waals surface area contributed by atoms with Crippen LogP contribution in [0.15, 0.2) is 53.7 Å². The summed E-state index contributed by atoms with van der Waals surface area (Å²) in [6.45, 7) is 3.40. The molecule has 0 bridgehead atoms. The third-order valence-corrected chi connectivity index (χ3v) is 5.69. The minimum absolute atomic E-state index is 0.443. The van der Waals surface area contributed by atoms with Crippen LogP contribution in [0.5, 0.6) is 0 Å². The molecule has 147 valence electrons. The molecule has 0 spiro atoms. The van der Waals surface area contributed by atoms with Gasteiger partial charge in [0.15, 0.2) is 5.51 Å². The Morgan fingerprint density at radius 2 is 1.93 bits per heavy atom. The SMILES string of the molecule is CN1OC(Nc2ccc(N3CCOCC3)cc2)=Nc2ccc(-c3cn[c]s3)cc21. The van der Waals surface area contributed by atoms with Gasteiger partial charge in [0.25, 0.3) is 0 Å². The molecule has 1 radical (unpaired) electrons. The molecule has 2 aliphatic rings. The quantitative estimate of drug-likeness (QED) is 0.711. The molecule has 3 aromatic rings. The van der Waals surface area contributed by atoms with Crippen molar-refractivity contribution < 1.29 is 9.57 Å². The Morgan fingerprint density at radius 3 is 2.69 bits per heavy atom. The van der Waals surface area contributed by atoms with E-state index in [4.69, 9.17) is 9.57 Å². The Hall–Kier alpha value is -3.10. The Kier molecular flexibility index (Phi) is 4.79. The Bertz CT molecular complexity index is 1010. The van der Waals surface area contributed by atoms with E-state index in [1.54, 1.807) is 5.06 Å². The number of hydrogen-bond donors (Lipinski definition) is 1. The molecule has 0 aliphatic carbocycles. The summed E-state index contributed by atoms with van der Waals surface area (Å²) in [6, 6.07) is 14.8. The number of thiazole rings is 1. The van der Waals surface area contributed by atoms with E-state index in [9.17, 15) is 0 Å². The summed E-state index contributed by atoms with van der Waals surface area (Å²) in [4.78, 5) is 17.9. The number of benzene rings is 2. The van der Waals surface area contributed by atoms with Gasteiger partial charge in [0, 0.05) is 37.7 Å². The lowest BCUT2D eigenvalue weighted by atomic mass is 10.1. The maximum atomic E-state index is 5.86. The van der Waals surface area contributed by atoms with Crippen LogP contribution in [0.4, 0.5) is 22.7 Å². The Labute approximate surface area is 173 Å². The van der Waals surface area contributed by atoms with Crippen molar-refractivity contribution in [1.29, 1.82) is 0 Å². The van der Waals surface area contributed by atoms with Gasteiger partial charge < -0.3 is 19.8 Å². The number of aliphatic imine (C=N–C) groups is 1. The maximum Gasteiger partial charge on any atom is 0.321 e. The van der Waals surface area contributed by atoms with Crippen LogP contribution in [0.2, 0.25) is 0 Å². The first-order chi connectivity index (χ1) is 14.3. The Morgan fingerprint density at radius 1 is 1.10 bits per heavy atom. The zero-order valence-corrected chi connectivity index (χ0v) is 16.8. The Balaban J connectivity index is 1.33. The van der Waals surface area contributed by atoms with Crippen molar-refractivity contribution in [2.75, 3.05) is 48.6 Å². The standard InChI is InChI=1S/C21H20N5O2S/c1-25-19-12-15(20-13-22-14-29-20)2-7-18(19)24-21(28-25)23-16-3-5-17(6-4-16)26-8-10-27-11-9-26/h2-7,12-13H,8-11H2,1H3,(H,23,24). The minimum Gasteiger partial charge on any atom is -0.378 e. The third-order valence-electron chi connectivity index (χ3n) is 4.93. The van der Waals surface area contributed by atoms with Crippen molar-refractivity contribution in [3.8, 4) is 10.4 Å². The van der Waals surface area contributed by atoms with Crippen molar-refractivity contribution in [3.63, 3.8) is 0 Å². The van der Waals surface area contributed by atoms with Crippen molar-refractivity contribution >= 4 is 40.1 Å². The number of rotatable bonds is 3. The largest absolute Gasteiger partial charge is 0.378 e. The molecule has 0 amide bonds. The average molecular weight is 406 g/mol. The first-order valence-corrected chi connectivity index (χ1v) is 10.2. The summed E-state index contributed by atoms with van der Waals surface area (Å²) in [5.41, 5.74) is 7.83. The number of hydroxylamine groups is 1. The zero-order valence-electron chi connectivity index (χ0n) is 16.0. The zero-order chi connectivity index (χ0) is 19.6. The van der Waals surface area contributed by atoms with Crippen LogP contribution in [-0.2, 0) is 9.57 Å². The second kappa shape index (κ2) is 7.73. The lowest BCUT2D eigenvalue weighted by molar-refractivity contribution is 0.122. The molecule has 1 aromatic heterocycles. The van der Waals surface area contributed by atoms with E-state index in [1.807, 2.05) is 43.6 Å². The highest BCUT2D eigenvalue weighted by Gasteiger charge is 2.20. The molecule has 5 rings (SSSR count). The van der Waals surface area contributed by atoms with Gasteiger partial charge in [-0.15, -0.1) is 11.3 Å². The van der Waals surface area contributed by atoms with E-state index < -0.39 is 0 Å². The van der Waals surface area contributed by atoms with Crippen LogP contribution in [-0.4, -0.2) is 44.4 Å². The maximum absolute atomic E-state index is 5.86. The summed E-state index contributed by atoms with van der Waals surface area (Å²) < 4.78 is 5.42. The molecule has 0 unspecified atom stereocenters. The molecule has 29 heavy (non-hydrogen) atoms. The molecule has 7 nitrogen and oxygen atoms in total. The van der Waals surface area contributed by atoms with Crippen LogP contribution in [0.1, 0.15) is 0 Å². The van der Waals surface area contributed by atoms with Crippen LogP contribution in [0, 0.1) is 5.51 Å². The van der Waals surface area contributed by atoms with Gasteiger partial charge in [-0.05, 0) is 42.0 Å². The second-order valence-electron chi connectivity index (χ2n) is 6.80. The molecule has 1 N–H and O–H groups in total. The average Bonchev–Trinajstić information content (AvgIpc) is 3.30. The summed E-state index contributed by atoms with van der Waals surface area (Å²) in [5.74, 6) is 0. The number of anilines is 3. The molecule has 8 heteroatoms. The fourth-order valence-corrected chi connectivity index (χ4v) is 3.96. The van der Waals surface area contributed by atoms with E-state index in [-0.39, 0.29) is 0 Å². The summed E-state index contributed by atoms with van der Waals surface area (Å²) in [6.07, 6.45) is 1.81. The lowest BCUT2D eigenvalue weighted by Gasteiger charge is -2.29. The molecule has 1 fully saturated rings. The van der Waals surface area contributed by atoms with E-state index in [2.05, 4.69) is 37.8 Å². The van der Waals surface area contributed by atoms with Crippen molar-refractivity contribution in [2.45, 2.75) is 0 Å². The van der Waals surface area contributed by atoms with Crippen LogP contribution < -0.4 is 15.3 Å². The lowest BCUT2D eigenvalue weighted by Crippen LogP contribution is -2.36. The monoisotopic (exact) mass is 406 g/mol. The molecule has 2 aromatic carbocycles. The highest BCUT2D eigenvalue weighted by Crippen LogP contribution is 2.36. The first kappa shape index (κ1) is 18.0. The highest BCUT2D eigenvalue weighted by molar-refractivity contribution is 7.12. The smallest absolute Gasteiger partial charge is 0.321 e. The van der Waals surface area contributed by atoms with Crippen LogP contribution in [0.25, 0.3) is 10.4 Å². The highest BCUT2D eigenvalue weighted by atomic mass is 32.1. The number of amidine groups is 1. The van der Waals surface area contributed by atoms with Gasteiger partial charge in [-0.1, -0.05) is 6.07 Å². The molecule has 3 heterocycles. The van der Waals surface area contributed by atoms with Crippen molar-refractivity contribution in [2.24, 2.45) is 4.99 Å². The number of fused-ring (bicyclic) bond motifs is 1. The van der Waals surface area contributed by atoms with Gasteiger partial charge in [0.05, 0.1) is 23.8 Å². The predicted molar refractivity (Wildman–Crippen MR) is 116 cm³/mol. The van der Waals surface area contributed by atoms with E-state index in [1.165, 1.54) is 17.0 Å². The van der Waals surface area contributed by atoms with Gasteiger partial charge in [0.2, 0.25) is 0 Å². The van der Waals surface area contributed by atoms with Gasteiger partial charge >= 0.3 is 6.02 Å². The van der Waals surface area contributed by atoms with Gasteiger partial charge in [-0.2, -0.15) is 4.99 Å². The summed E-state index contributed by atoms with van der Waals surface area (Å²) in [7, 11) is 1.87. The summed E-state index contributed by atoms with van der Waals surface area (Å²) >= 11 is 1.49. The van der Waals surface area contributed by atoms with Crippen LogP contribution in [0.3, 0.4) is 0 Å². The number of nitrogens with one attached hydrogen (secondary N) is 1. The van der Waals surface area contributed by atoms with E-state index in [0.29, 0.717) is 6.02 Å². The number of nitrogens with zero attached hydrogens (tertiary/aromatic N) is 4. The molecule has 0 atom stereocenters. The third kappa shape index (κ3) is 3.76. The van der Waals surface area contributed by atoms with Crippen molar-refractivity contribution in [3.05, 3.63) is 54.2 Å². The van der Waals surface area contributed by atoms with Gasteiger partial charge in [0.1, 0.15) is 5.69 Å². The molecule has 2 aliphatic heterocycles. The number of aromatic nitrogens is 1. The topological polar surface area (TPSA) is 62.2 Å². The first-order valence-electron chi connectivity index (χ1n) is 9.43. The van der Waals surface area contributed by atoms with E-state index in [0.717, 1.165) is 53.8 Å². The van der Waals surface area contributed by atoms with Gasteiger partial charge in [-0.3, -0.25) is 0 Å². The van der Waals surface area contributed by atoms with E-state index >= 15 is 0 Å².